The Kier molecular flexibility index (Phi) is 3.49. The van der Waals surface area contributed by atoms with Gasteiger partial charge < -0.3 is 15.8 Å². The Labute approximate surface area is 85.3 Å². The van der Waals surface area contributed by atoms with E-state index in [2.05, 4.69) is 12.2 Å². The minimum absolute atomic E-state index is 0.111. The first-order valence-electron chi connectivity index (χ1n) is 4.68. The van der Waals surface area contributed by atoms with Crippen LogP contribution in [-0.4, -0.2) is 14.2 Å². The Hall–Kier alpha value is -1.06. The lowest BCUT2D eigenvalue weighted by Crippen LogP contribution is -2.25. The van der Waals surface area contributed by atoms with Crippen LogP contribution in [0.3, 0.4) is 0 Å². The highest BCUT2D eigenvalue weighted by atomic mass is 16.5. The van der Waals surface area contributed by atoms with Gasteiger partial charge >= 0.3 is 0 Å². The smallest absolute Gasteiger partial charge is 0.122 e. The molecule has 0 bridgehead atoms. The summed E-state index contributed by atoms with van der Waals surface area (Å²) in [7, 11) is 3.53. The van der Waals surface area contributed by atoms with Gasteiger partial charge in [-0.1, -0.05) is 6.07 Å². The average molecular weight is 194 g/mol. The number of nitrogens with two attached hydrogens (primary N) is 1. The summed E-state index contributed by atoms with van der Waals surface area (Å²) in [5.41, 5.74) is 9.36. The van der Waals surface area contributed by atoms with Crippen molar-refractivity contribution in [3.63, 3.8) is 0 Å². The first kappa shape index (κ1) is 11.0. The summed E-state index contributed by atoms with van der Waals surface area (Å²) in [5, 5.41) is 3.02. The minimum atomic E-state index is -0.111. The monoisotopic (exact) mass is 194 g/mol. The van der Waals surface area contributed by atoms with Gasteiger partial charge in [0.2, 0.25) is 0 Å². The van der Waals surface area contributed by atoms with Crippen molar-refractivity contribution in [3.05, 3.63) is 28.8 Å². The number of methoxy groups -OCH3 is 1. The molecule has 0 heterocycles. The Morgan fingerprint density at radius 2 is 1.93 bits per heavy atom. The van der Waals surface area contributed by atoms with Crippen LogP contribution < -0.4 is 15.8 Å². The highest BCUT2D eigenvalue weighted by Crippen LogP contribution is 2.25. The number of hydrogen-bond donors (Lipinski definition) is 2. The van der Waals surface area contributed by atoms with Gasteiger partial charge in [-0.2, -0.15) is 0 Å². The summed E-state index contributed by atoms with van der Waals surface area (Å²) in [6, 6.07) is 3.96. The molecule has 14 heavy (non-hydrogen) atoms. The Bertz CT molecular complexity index is 323. The fourth-order valence-electron chi connectivity index (χ4n) is 1.53. The summed E-state index contributed by atoms with van der Waals surface area (Å²) >= 11 is 0. The van der Waals surface area contributed by atoms with E-state index in [0.717, 1.165) is 16.9 Å². The largest absolute Gasteiger partial charge is 0.496 e. The predicted molar refractivity (Wildman–Crippen MR) is 58.5 cm³/mol. The van der Waals surface area contributed by atoms with Crippen LogP contribution in [0.1, 0.15) is 22.9 Å². The first-order valence-corrected chi connectivity index (χ1v) is 4.68. The van der Waals surface area contributed by atoms with Gasteiger partial charge in [-0.3, -0.25) is 0 Å². The van der Waals surface area contributed by atoms with Crippen LogP contribution in [0.4, 0.5) is 0 Å². The molecule has 0 radical (unpaired) electrons. The second-order valence-electron chi connectivity index (χ2n) is 3.37. The van der Waals surface area contributed by atoms with Crippen molar-refractivity contribution in [2.45, 2.75) is 20.0 Å². The van der Waals surface area contributed by atoms with Crippen LogP contribution in [0.2, 0.25) is 0 Å². The number of nitrogens with one attached hydrogen (secondary N) is 1. The van der Waals surface area contributed by atoms with Crippen LogP contribution in [0, 0.1) is 13.8 Å². The van der Waals surface area contributed by atoms with Crippen molar-refractivity contribution in [2.24, 2.45) is 5.73 Å². The summed E-state index contributed by atoms with van der Waals surface area (Å²) in [5.74, 6) is 0.912. The van der Waals surface area contributed by atoms with Gasteiger partial charge in [0.15, 0.2) is 0 Å². The van der Waals surface area contributed by atoms with Gasteiger partial charge in [0, 0.05) is 0 Å². The standard InChI is InChI=1S/C11H18N2O/c1-7-8(2)10(14-4)6-5-9(7)11(12)13-3/h5-6,11,13H,12H2,1-4H3. The van der Waals surface area contributed by atoms with E-state index in [4.69, 9.17) is 10.5 Å². The number of benzene rings is 1. The number of hydrogen-bond acceptors (Lipinski definition) is 3. The number of rotatable bonds is 3. The van der Waals surface area contributed by atoms with Crippen molar-refractivity contribution in [3.8, 4) is 5.75 Å². The second-order valence-corrected chi connectivity index (χ2v) is 3.37. The molecule has 1 atom stereocenters. The molecule has 1 unspecified atom stereocenters. The van der Waals surface area contributed by atoms with E-state index < -0.39 is 0 Å². The quantitative estimate of drug-likeness (QED) is 0.717. The molecule has 0 aliphatic carbocycles. The Morgan fingerprint density at radius 1 is 1.29 bits per heavy atom. The van der Waals surface area contributed by atoms with Crippen molar-refractivity contribution in [1.82, 2.24) is 5.32 Å². The molecule has 0 fully saturated rings. The van der Waals surface area contributed by atoms with Gasteiger partial charge in [0.25, 0.3) is 0 Å². The zero-order valence-corrected chi connectivity index (χ0v) is 9.22. The zero-order valence-electron chi connectivity index (χ0n) is 9.22. The first-order chi connectivity index (χ1) is 6.61. The third-order valence-corrected chi connectivity index (χ3v) is 2.65. The molecule has 3 heteroatoms. The molecule has 1 aromatic carbocycles. The van der Waals surface area contributed by atoms with Gasteiger partial charge in [0.1, 0.15) is 5.75 Å². The van der Waals surface area contributed by atoms with E-state index in [0.29, 0.717) is 0 Å². The minimum Gasteiger partial charge on any atom is -0.496 e. The summed E-state index contributed by atoms with van der Waals surface area (Å²) in [4.78, 5) is 0. The third-order valence-electron chi connectivity index (χ3n) is 2.65. The van der Waals surface area contributed by atoms with Gasteiger partial charge in [-0.25, -0.2) is 0 Å². The molecule has 3 N–H and O–H groups in total. The molecule has 0 aromatic heterocycles. The van der Waals surface area contributed by atoms with E-state index in [9.17, 15) is 0 Å². The van der Waals surface area contributed by atoms with E-state index in [1.807, 2.05) is 26.1 Å². The fourth-order valence-corrected chi connectivity index (χ4v) is 1.53. The molecule has 0 aliphatic rings. The maximum absolute atomic E-state index is 5.90. The topological polar surface area (TPSA) is 47.3 Å². The van der Waals surface area contributed by atoms with Crippen LogP contribution in [0.15, 0.2) is 12.1 Å². The summed E-state index contributed by atoms with van der Waals surface area (Å²) in [6.07, 6.45) is -0.111. The van der Waals surface area contributed by atoms with E-state index in [-0.39, 0.29) is 6.17 Å². The SMILES string of the molecule is CNC(N)c1ccc(OC)c(C)c1C. The van der Waals surface area contributed by atoms with Crippen molar-refractivity contribution >= 4 is 0 Å². The molecule has 0 spiro atoms. The third kappa shape index (κ3) is 1.89. The Morgan fingerprint density at radius 3 is 2.43 bits per heavy atom. The molecule has 0 saturated carbocycles. The van der Waals surface area contributed by atoms with Crippen LogP contribution in [0.25, 0.3) is 0 Å². The van der Waals surface area contributed by atoms with Crippen LogP contribution >= 0.6 is 0 Å². The highest BCUT2D eigenvalue weighted by molar-refractivity contribution is 5.44. The van der Waals surface area contributed by atoms with Crippen molar-refractivity contribution in [2.75, 3.05) is 14.2 Å². The molecular formula is C11H18N2O. The highest BCUT2D eigenvalue weighted by Gasteiger charge is 2.10. The maximum atomic E-state index is 5.90. The van der Waals surface area contributed by atoms with E-state index in [1.54, 1.807) is 7.11 Å². The van der Waals surface area contributed by atoms with Crippen molar-refractivity contribution < 1.29 is 4.74 Å². The maximum Gasteiger partial charge on any atom is 0.122 e. The molecule has 0 amide bonds. The lowest BCUT2D eigenvalue weighted by molar-refractivity contribution is 0.410. The average Bonchev–Trinajstić information content (AvgIpc) is 2.21. The Balaban J connectivity index is 3.17. The normalized spacial score (nSPS) is 12.6. The molecule has 1 aromatic rings. The van der Waals surface area contributed by atoms with Crippen LogP contribution in [0.5, 0.6) is 5.75 Å². The number of ether oxygens (including phenoxy) is 1. The van der Waals surface area contributed by atoms with Crippen LogP contribution in [-0.2, 0) is 0 Å². The predicted octanol–water partition coefficient (Wildman–Crippen LogP) is 1.49. The van der Waals surface area contributed by atoms with Crippen molar-refractivity contribution in [1.29, 1.82) is 0 Å². The zero-order chi connectivity index (χ0) is 10.7. The molecule has 0 aliphatic heterocycles. The molecular weight excluding hydrogens is 176 g/mol. The summed E-state index contributed by atoms with van der Waals surface area (Å²) in [6.45, 7) is 4.10. The molecule has 1 rings (SSSR count). The second kappa shape index (κ2) is 4.44. The molecule has 3 nitrogen and oxygen atoms in total. The van der Waals surface area contributed by atoms with Gasteiger partial charge in [-0.15, -0.1) is 0 Å². The molecule has 0 saturated heterocycles. The lowest BCUT2D eigenvalue weighted by Gasteiger charge is -2.17. The summed E-state index contributed by atoms with van der Waals surface area (Å²) < 4.78 is 5.23. The molecule has 78 valence electrons. The van der Waals surface area contributed by atoms with Gasteiger partial charge in [0.05, 0.1) is 13.3 Å². The van der Waals surface area contributed by atoms with E-state index in [1.165, 1.54) is 5.56 Å². The van der Waals surface area contributed by atoms with E-state index >= 15 is 0 Å². The lowest BCUT2D eigenvalue weighted by atomic mass is 10.0. The van der Waals surface area contributed by atoms with Gasteiger partial charge in [-0.05, 0) is 43.7 Å². The fraction of sp³-hybridized carbons (Fsp3) is 0.455.